The van der Waals surface area contributed by atoms with Gasteiger partial charge in [0, 0.05) is 25.1 Å². The average molecular weight is 306 g/mol. The van der Waals surface area contributed by atoms with E-state index < -0.39 is 32.2 Å². The smallest absolute Gasteiger partial charge is 0.243 e. The van der Waals surface area contributed by atoms with Crippen LogP contribution in [-0.2, 0) is 14.8 Å². The SMILES string of the molecule is CC1OCCC1CNS(=O)(=O)c1cc(N)c(F)cc1F. The van der Waals surface area contributed by atoms with Crippen LogP contribution in [0, 0.1) is 17.6 Å². The maximum atomic E-state index is 13.6. The van der Waals surface area contributed by atoms with Crippen molar-refractivity contribution >= 4 is 15.7 Å². The molecule has 1 saturated heterocycles. The predicted molar refractivity (Wildman–Crippen MR) is 69.5 cm³/mol. The summed E-state index contributed by atoms with van der Waals surface area (Å²) >= 11 is 0. The second kappa shape index (κ2) is 5.63. The van der Waals surface area contributed by atoms with Crippen molar-refractivity contribution in [2.45, 2.75) is 24.3 Å². The van der Waals surface area contributed by atoms with Crippen LogP contribution < -0.4 is 10.5 Å². The summed E-state index contributed by atoms with van der Waals surface area (Å²) in [5.74, 6) is -2.12. The molecule has 1 fully saturated rings. The molecule has 2 unspecified atom stereocenters. The van der Waals surface area contributed by atoms with E-state index in [9.17, 15) is 17.2 Å². The molecule has 1 aliphatic heterocycles. The number of ether oxygens (including phenoxy) is 1. The molecule has 2 rings (SSSR count). The molecule has 3 N–H and O–H groups in total. The Morgan fingerprint density at radius 2 is 2.10 bits per heavy atom. The van der Waals surface area contributed by atoms with Crippen molar-refractivity contribution in [3.63, 3.8) is 0 Å². The van der Waals surface area contributed by atoms with Gasteiger partial charge in [-0.05, 0) is 19.4 Å². The van der Waals surface area contributed by atoms with Crippen molar-refractivity contribution in [3.8, 4) is 0 Å². The van der Waals surface area contributed by atoms with Gasteiger partial charge in [0.05, 0.1) is 11.8 Å². The fourth-order valence-electron chi connectivity index (χ4n) is 2.09. The first-order chi connectivity index (χ1) is 9.31. The van der Waals surface area contributed by atoms with Crippen LogP contribution in [0.25, 0.3) is 0 Å². The van der Waals surface area contributed by atoms with E-state index in [-0.39, 0.29) is 18.6 Å². The van der Waals surface area contributed by atoms with Gasteiger partial charge in [-0.25, -0.2) is 21.9 Å². The Labute approximate surface area is 116 Å². The lowest BCUT2D eigenvalue weighted by atomic mass is 10.0. The molecule has 1 aliphatic rings. The molecular formula is C12H16F2N2O3S. The van der Waals surface area contributed by atoms with E-state index in [4.69, 9.17) is 10.5 Å². The first kappa shape index (κ1) is 15.1. The molecule has 0 aliphatic carbocycles. The van der Waals surface area contributed by atoms with Gasteiger partial charge in [0.15, 0.2) is 0 Å². The summed E-state index contributed by atoms with van der Waals surface area (Å²) in [4.78, 5) is -0.650. The molecule has 0 spiro atoms. The van der Waals surface area contributed by atoms with Gasteiger partial charge in [0.1, 0.15) is 16.5 Å². The second-order valence-electron chi connectivity index (χ2n) is 4.78. The number of nitrogen functional groups attached to an aromatic ring is 1. The number of rotatable bonds is 4. The highest BCUT2D eigenvalue weighted by atomic mass is 32.2. The highest BCUT2D eigenvalue weighted by Crippen LogP contribution is 2.23. The minimum absolute atomic E-state index is 0.0330. The number of hydrogen-bond donors (Lipinski definition) is 2. The first-order valence-electron chi connectivity index (χ1n) is 6.17. The van der Waals surface area contributed by atoms with Crippen LogP contribution in [0.2, 0.25) is 0 Å². The summed E-state index contributed by atoms with van der Waals surface area (Å²) in [6, 6.07) is 1.24. The Morgan fingerprint density at radius 1 is 1.40 bits per heavy atom. The van der Waals surface area contributed by atoms with Gasteiger partial charge in [0.2, 0.25) is 10.0 Å². The lowest BCUT2D eigenvalue weighted by molar-refractivity contribution is 0.107. The van der Waals surface area contributed by atoms with Crippen molar-refractivity contribution in [1.29, 1.82) is 0 Å². The van der Waals surface area contributed by atoms with Crippen LogP contribution in [0.15, 0.2) is 17.0 Å². The average Bonchev–Trinajstić information content (AvgIpc) is 2.77. The van der Waals surface area contributed by atoms with E-state index in [1.54, 1.807) is 0 Å². The van der Waals surface area contributed by atoms with E-state index in [0.29, 0.717) is 12.7 Å². The van der Waals surface area contributed by atoms with E-state index in [0.717, 1.165) is 12.5 Å². The lowest BCUT2D eigenvalue weighted by Crippen LogP contribution is -2.32. The molecule has 8 heteroatoms. The predicted octanol–water partition coefficient (Wildman–Crippen LogP) is 1.25. The summed E-state index contributed by atoms with van der Waals surface area (Å²) < 4.78 is 58.2. The normalized spacial score (nSPS) is 23.1. The van der Waals surface area contributed by atoms with Crippen LogP contribution in [0.4, 0.5) is 14.5 Å². The first-order valence-corrected chi connectivity index (χ1v) is 7.65. The second-order valence-corrected chi connectivity index (χ2v) is 6.52. The molecule has 1 aromatic carbocycles. The van der Waals surface area contributed by atoms with Crippen molar-refractivity contribution < 1.29 is 21.9 Å². The van der Waals surface area contributed by atoms with Crippen LogP contribution in [-0.4, -0.2) is 27.7 Å². The molecular weight excluding hydrogens is 290 g/mol. The number of benzene rings is 1. The highest BCUT2D eigenvalue weighted by molar-refractivity contribution is 7.89. The summed E-state index contributed by atoms with van der Waals surface area (Å²) in [5, 5.41) is 0. The molecule has 1 heterocycles. The van der Waals surface area contributed by atoms with Gasteiger partial charge in [-0.3, -0.25) is 0 Å². The minimum Gasteiger partial charge on any atom is -0.396 e. The highest BCUT2D eigenvalue weighted by Gasteiger charge is 2.27. The third-order valence-corrected chi connectivity index (χ3v) is 4.85. The van der Waals surface area contributed by atoms with Gasteiger partial charge >= 0.3 is 0 Å². The molecule has 0 bridgehead atoms. The summed E-state index contributed by atoms with van der Waals surface area (Å²) in [6.07, 6.45) is 0.679. The largest absolute Gasteiger partial charge is 0.396 e. The summed E-state index contributed by atoms with van der Waals surface area (Å²) in [7, 11) is -4.07. The topological polar surface area (TPSA) is 81.4 Å². The fraction of sp³-hybridized carbons (Fsp3) is 0.500. The van der Waals surface area contributed by atoms with E-state index >= 15 is 0 Å². The zero-order valence-electron chi connectivity index (χ0n) is 10.9. The molecule has 0 saturated carbocycles. The number of nitrogens with one attached hydrogen (secondary N) is 1. The van der Waals surface area contributed by atoms with E-state index in [2.05, 4.69) is 4.72 Å². The van der Waals surface area contributed by atoms with Crippen molar-refractivity contribution in [2.24, 2.45) is 5.92 Å². The Balaban J connectivity index is 2.16. The van der Waals surface area contributed by atoms with Crippen LogP contribution >= 0.6 is 0 Å². The van der Waals surface area contributed by atoms with Gasteiger partial charge in [-0.2, -0.15) is 0 Å². The summed E-state index contributed by atoms with van der Waals surface area (Å²) in [6.45, 7) is 2.56. The fourth-order valence-corrected chi connectivity index (χ4v) is 3.28. The Morgan fingerprint density at radius 3 is 2.70 bits per heavy atom. The minimum atomic E-state index is -4.07. The maximum absolute atomic E-state index is 13.6. The number of halogens is 2. The molecule has 5 nitrogen and oxygen atoms in total. The zero-order chi connectivity index (χ0) is 14.9. The lowest BCUT2D eigenvalue weighted by Gasteiger charge is -2.15. The molecule has 20 heavy (non-hydrogen) atoms. The molecule has 2 atom stereocenters. The number of anilines is 1. The van der Waals surface area contributed by atoms with Crippen molar-refractivity contribution in [1.82, 2.24) is 4.72 Å². The van der Waals surface area contributed by atoms with Gasteiger partial charge in [-0.1, -0.05) is 0 Å². The van der Waals surface area contributed by atoms with Gasteiger partial charge in [0.25, 0.3) is 0 Å². The van der Waals surface area contributed by atoms with E-state index in [1.807, 2.05) is 6.92 Å². The Hall–Kier alpha value is -1.25. The monoisotopic (exact) mass is 306 g/mol. The molecule has 0 aromatic heterocycles. The van der Waals surface area contributed by atoms with Crippen LogP contribution in [0.5, 0.6) is 0 Å². The van der Waals surface area contributed by atoms with Gasteiger partial charge < -0.3 is 10.5 Å². The maximum Gasteiger partial charge on any atom is 0.243 e. The molecule has 0 amide bonds. The number of nitrogens with two attached hydrogens (primary N) is 1. The van der Waals surface area contributed by atoms with Crippen LogP contribution in [0.1, 0.15) is 13.3 Å². The molecule has 112 valence electrons. The number of sulfonamides is 1. The Bertz CT molecular complexity index is 607. The van der Waals surface area contributed by atoms with Gasteiger partial charge in [-0.15, -0.1) is 0 Å². The zero-order valence-corrected chi connectivity index (χ0v) is 11.7. The Kier molecular flexibility index (Phi) is 4.26. The van der Waals surface area contributed by atoms with Crippen molar-refractivity contribution in [2.75, 3.05) is 18.9 Å². The molecule has 1 aromatic rings. The summed E-state index contributed by atoms with van der Waals surface area (Å²) in [5.41, 5.74) is 4.86. The van der Waals surface area contributed by atoms with Crippen LogP contribution in [0.3, 0.4) is 0 Å². The third-order valence-electron chi connectivity index (χ3n) is 3.41. The molecule has 0 radical (unpaired) electrons. The number of hydrogen-bond acceptors (Lipinski definition) is 4. The quantitative estimate of drug-likeness (QED) is 0.820. The van der Waals surface area contributed by atoms with Crippen molar-refractivity contribution in [3.05, 3.63) is 23.8 Å². The van der Waals surface area contributed by atoms with E-state index in [1.165, 1.54) is 0 Å². The third kappa shape index (κ3) is 3.08. The standard InChI is InChI=1S/C12H16F2N2O3S/c1-7-8(2-3-19-7)6-16-20(17,18)12-5-11(15)9(13)4-10(12)14/h4-5,7-8,16H,2-3,6,15H2,1H3.